The Bertz CT molecular complexity index is 443. The maximum Gasteiger partial charge on any atom is 0.223 e. The molecule has 2 aliphatic heterocycles. The highest BCUT2D eigenvalue weighted by atomic mass is 19.1. The largest absolute Gasteiger partial charge is 0.360 e. The third kappa shape index (κ3) is 2.85. The van der Waals surface area contributed by atoms with E-state index >= 15 is 0 Å². The lowest BCUT2D eigenvalue weighted by molar-refractivity contribution is -0.130. The molecule has 0 aromatic carbocycles. The zero-order chi connectivity index (χ0) is 13.9. The van der Waals surface area contributed by atoms with Gasteiger partial charge in [-0.25, -0.2) is 0 Å². The molecule has 0 N–H and O–H groups in total. The van der Waals surface area contributed by atoms with Crippen LogP contribution in [0.2, 0.25) is 0 Å². The second-order valence-corrected chi connectivity index (χ2v) is 5.76. The Hall–Kier alpha value is -1.43. The molecule has 3 heterocycles. The quantitative estimate of drug-likeness (QED) is 0.838. The van der Waals surface area contributed by atoms with Crippen LogP contribution in [0, 0.1) is 5.92 Å². The summed E-state index contributed by atoms with van der Waals surface area (Å²) < 4.78 is 17.8. The second kappa shape index (κ2) is 5.91. The lowest BCUT2D eigenvalue weighted by Gasteiger charge is -2.36. The monoisotopic (exact) mass is 281 g/mol. The Labute approximate surface area is 117 Å². The summed E-state index contributed by atoms with van der Waals surface area (Å²) in [7, 11) is 0. The molecule has 2 saturated heterocycles. The van der Waals surface area contributed by atoms with E-state index in [1.807, 2.05) is 11.0 Å². The van der Waals surface area contributed by atoms with Gasteiger partial charge in [-0.3, -0.25) is 14.1 Å². The molecule has 0 spiro atoms. The highest BCUT2D eigenvalue weighted by molar-refractivity contribution is 5.79. The van der Waals surface area contributed by atoms with Crippen LogP contribution >= 0.6 is 0 Å². The third-order valence-corrected chi connectivity index (χ3v) is 4.33. The van der Waals surface area contributed by atoms with E-state index in [-0.39, 0.29) is 24.5 Å². The van der Waals surface area contributed by atoms with Gasteiger partial charge in [-0.05, 0) is 12.8 Å². The number of alkyl halides is 1. The number of amides is 1. The molecule has 2 aliphatic rings. The topological polar surface area (TPSA) is 49.6 Å². The Morgan fingerprint density at radius 3 is 2.80 bits per heavy atom. The molecule has 6 heteroatoms. The molecule has 2 fully saturated rings. The number of piperidine rings is 1. The van der Waals surface area contributed by atoms with E-state index in [0.717, 1.165) is 38.2 Å². The molecular formula is C14H20FN3O2. The van der Waals surface area contributed by atoms with Crippen molar-refractivity contribution in [1.29, 1.82) is 0 Å². The molecule has 5 nitrogen and oxygen atoms in total. The van der Waals surface area contributed by atoms with Crippen molar-refractivity contribution < 1.29 is 13.7 Å². The minimum absolute atomic E-state index is 0.0882. The van der Waals surface area contributed by atoms with Gasteiger partial charge in [-0.15, -0.1) is 0 Å². The summed E-state index contributed by atoms with van der Waals surface area (Å²) in [5.74, 6) is 0.911. The van der Waals surface area contributed by atoms with Crippen LogP contribution in [0.4, 0.5) is 4.39 Å². The highest BCUT2D eigenvalue weighted by Crippen LogP contribution is 2.26. The number of halogens is 1. The molecule has 0 bridgehead atoms. The molecule has 1 atom stereocenters. The molecule has 1 aromatic heterocycles. The first-order valence-electron chi connectivity index (χ1n) is 7.23. The standard InChI is InChI=1S/C14H20FN3O2/c15-8-11-7-14(19)18(9-11)12-2-5-17(6-3-12)10-13-1-4-16-20-13/h1,4,11-12H,2-3,5-10H2. The van der Waals surface area contributed by atoms with Gasteiger partial charge in [0.05, 0.1) is 19.4 Å². The van der Waals surface area contributed by atoms with Crippen molar-refractivity contribution in [2.75, 3.05) is 26.3 Å². The van der Waals surface area contributed by atoms with Crippen molar-refractivity contribution in [1.82, 2.24) is 15.0 Å². The van der Waals surface area contributed by atoms with Crippen LogP contribution in [0.5, 0.6) is 0 Å². The first-order chi connectivity index (χ1) is 9.76. The normalized spacial score (nSPS) is 25.6. The SMILES string of the molecule is O=C1CC(CF)CN1C1CCN(Cc2ccno2)CC1. The lowest BCUT2D eigenvalue weighted by Crippen LogP contribution is -2.45. The van der Waals surface area contributed by atoms with Crippen LogP contribution in [0.3, 0.4) is 0 Å². The summed E-state index contributed by atoms with van der Waals surface area (Å²) in [5.41, 5.74) is 0. The fraction of sp³-hybridized carbons (Fsp3) is 0.714. The van der Waals surface area contributed by atoms with Crippen molar-refractivity contribution in [3.05, 3.63) is 18.0 Å². The van der Waals surface area contributed by atoms with E-state index in [1.165, 1.54) is 0 Å². The van der Waals surface area contributed by atoms with Crippen LogP contribution in [-0.4, -0.2) is 53.2 Å². The van der Waals surface area contributed by atoms with Crippen LogP contribution in [-0.2, 0) is 11.3 Å². The Balaban J connectivity index is 1.50. The lowest BCUT2D eigenvalue weighted by atomic mass is 10.0. The fourth-order valence-electron chi connectivity index (χ4n) is 3.20. The van der Waals surface area contributed by atoms with Crippen LogP contribution in [0.1, 0.15) is 25.0 Å². The number of nitrogens with zero attached hydrogens (tertiary/aromatic N) is 3. The predicted octanol–water partition coefficient (Wildman–Crippen LogP) is 1.46. The fourth-order valence-corrected chi connectivity index (χ4v) is 3.20. The van der Waals surface area contributed by atoms with E-state index < -0.39 is 0 Å². The number of rotatable bonds is 4. The minimum atomic E-state index is -0.382. The van der Waals surface area contributed by atoms with Gasteiger partial charge in [-0.2, -0.15) is 0 Å². The first kappa shape index (κ1) is 13.5. The molecule has 20 heavy (non-hydrogen) atoms. The third-order valence-electron chi connectivity index (χ3n) is 4.33. The Morgan fingerprint density at radius 1 is 1.40 bits per heavy atom. The van der Waals surface area contributed by atoms with Crippen molar-refractivity contribution in [3.8, 4) is 0 Å². The summed E-state index contributed by atoms with van der Waals surface area (Å²) in [6.07, 6.45) is 3.95. The number of carbonyl (C=O) groups excluding carboxylic acids is 1. The second-order valence-electron chi connectivity index (χ2n) is 5.76. The molecule has 1 amide bonds. The molecule has 0 radical (unpaired) electrons. The summed E-state index contributed by atoms with van der Waals surface area (Å²) in [6, 6.07) is 2.16. The summed E-state index contributed by atoms with van der Waals surface area (Å²) in [4.78, 5) is 16.1. The van der Waals surface area contributed by atoms with E-state index in [4.69, 9.17) is 4.52 Å². The summed E-state index contributed by atoms with van der Waals surface area (Å²) in [6.45, 7) is 2.87. The molecule has 0 saturated carbocycles. The van der Waals surface area contributed by atoms with E-state index in [2.05, 4.69) is 10.1 Å². The van der Waals surface area contributed by atoms with Crippen LogP contribution in [0.15, 0.2) is 16.8 Å². The zero-order valence-corrected chi connectivity index (χ0v) is 11.5. The van der Waals surface area contributed by atoms with Gasteiger partial charge in [0, 0.05) is 44.1 Å². The van der Waals surface area contributed by atoms with E-state index in [0.29, 0.717) is 13.0 Å². The average Bonchev–Trinajstić information content (AvgIpc) is 3.09. The average molecular weight is 281 g/mol. The first-order valence-corrected chi connectivity index (χ1v) is 7.23. The molecule has 1 unspecified atom stereocenters. The summed E-state index contributed by atoms with van der Waals surface area (Å²) >= 11 is 0. The minimum Gasteiger partial charge on any atom is -0.360 e. The van der Waals surface area contributed by atoms with Gasteiger partial charge in [0.2, 0.25) is 5.91 Å². The van der Waals surface area contributed by atoms with Gasteiger partial charge in [-0.1, -0.05) is 5.16 Å². The molecule has 3 rings (SSSR count). The smallest absolute Gasteiger partial charge is 0.223 e. The number of hydrogen-bond donors (Lipinski definition) is 0. The highest BCUT2D eigenvalue weighted by Gasteiger charge is 2.35. The number of hydrogen-bond acceptors (Lipinski definition) is 4. The maximum absolute atomic E-state index is 12.7. The van der Waals surface area contributed by atoms with Crippen molar-refractivity contribution >= 4 is 5.91 Å². The van der Waals surface area contributed by atoms with Crippen molar-refractivity contribution in [3.63, 3.8) is 0 Å². The number of aromatic nitrogens is 1. The summed E-state index contributed by atoms with van der Waals surface area (Å²) in [5, 5.41) is 3.70. The molecule has 1 aromatic rings. The van der Waals surface area contributed by atoms with Crippen LogP contribution in [0.25, 0.3) is 0 Å². The maximum atomic E-state index is 12.7. The van der Waals surface area contributed by atoms with Gasteiger partial charge < -0.3 is 9.42 Å². The number of likely N-dealkylation sites (tertiary alicyclic amines) is 2. The van der Waals surface area contributed by atoms with Gasteiger partial charge >= 0.3 is 0 Å². The van der Waals surface area contributed by atoms with Gasteiger partial charge in [0.15, 0.2) is 5.76 Å². The van der Waals surface area contributed by atoms with Crippen molar-refractivity contribution in [2.24, 2.45) is 5.92 Å². The van der Waals surface area contributed by atoms with Crippen molar-refractivity contribution in [2.45, 2.75) is 31.8 Å². The predicted molar refractivity (Wildman–Crippen MR) is 70.6 cm³/mol. The molecule has 0 aliphatic carbocycles. The Kier molecular flexibility index (Phi) is 4.00. The van der Waals surface area contributed by atoms with E-state index in [9.17, 15) is 9.18 Å². The molecule has 110 valence electrons. The van der Waals surface area contributed by atoms with Crippen LogP contribution < -0.4 is 0 Å². The Morgan fingerprint density at radius 2 is 2.20 bits per heavy atom. The number of carbonyl (C=O) groups is 1. The van der Waals surface area contributed by atoms with Gasteiger partial charge in [0.1, 0.15) is 0 Å². The van der Waals surface area contributed by atoms with Gasteiger partial charge in [0.25, 0.3) is 0 Å². The zero-order valence-electron chi connectivity index (χ0n) is 11.5. The molecular weight excluding hydrogens is 261 g/mol. The van der Waals surface area contributed by atoms with E-state index in [1.54, 1.807) is 6.20 Å².